The molecule has 0 spiro atoms. The van der Waals surface area contributed by atoms with Crippen molar-refractivity contribution in [1.82, 2.24) is 0 Å². The molecule has 1 aromatic rings. The Hall–Kier alpha value is -1.82. The molecule has 0 unspecified atom stereocenters. The highest BCUT2D eigenvalue weighted by atomic mass is 19.1. The number of rotatable bonds is 1. The third kappa shape index (κ3) is 2.06. The number of halogens is 1. The van der Waals surface area contributed by atoms with Crippen molar-refractivity contribution in [3.8, 4) is 6.07 Å². The summed E-state index contributed by atoms with van der Waals surface area (Å²) in [5, 5.41) is 8.55. The van der Waals surface area contributed by atoms with Crippen molar-refractivity contribution in [3.63, 3.8) is 0 Å². The first-order valence-corrected chi connectivity index (χ1v) is 3.77. The lowest BCUT2D eigenvalue weighted by molar-refractivity contribution is 0.627. The van der Waals surface area contributed by atoms with E-state index in [9.17, 15) is 4.39 Å². The summed E-state index contributed by atoms with van der Waals surface area (Å²) in [6, 6.07) is 7.77. The van der Waals surface area contributed by atoms with E-state index in [1.807, 2.05) is 6.07 Å². The zero-order chi connectivity index (χ0) is 9.84. The maximum Gasteiger partial charge on any atom is 0.123 e. The Balaban J connectivity index is 3.18. The smallest absolute Gasteiger partial charge is 0.123 e. The van der Waals surface area contributed by atoms with Gasteiger partial charge in [-0.25, -0.2) is 4.39 Å². The van der Waals surface area contributed by atoms with Crippen LogP contribution in [0.5, 0.6) is 0 Å². The first-order chi connectivity index (χ1) is 6.15. The standard InChI is InChI=1S/C10H9FN2/c1-7(6-12)10(13)8-3-2-4-9(11)5-8/h2-5H,13H2,1H3/b10-7-. The molecule has 0 aliphatic rings. The molecular weight excluding hydrogens is 167 g/mol. The molecule has 1 aromatic carbocycles. The normalized spacial score (nSPS) is 11.8. The predicted molar refractivity (Wildman–Crippen MR) is 48.8 cm³/mol. The van der Waals surface area contributed by atoms with E-state index in [2.05, 4.69) is 0 Å². The minimum absolute atomic E-state index is 0.321. The molecule has 0 radical (unpaired) electrons. The van der Waals surface area contributed by atoms with Gasteiger partial charge in [-0.05, 0) is 19.1 Å². The lowest BCUT2D eigenvalue weighted by atomic mass is 10.1. The molecular formula is C10H9FN2. The van der Waals surface area contributed by atoms with E-state index >= 15 is 0 Å². The number of nitrogens with zero attached hydrogens (tertiary/aromatic N) is 1. The van der Waals surface area contributed by atoms with Crippen LogP contribution in [0, 0.1) is 17.1 Å². The molecule has 0 aromatic heterocycles. The molecule has 0 aliphatic heterocycles. The van der Waals surface area contributed by atoms with Crippen LogP contribution in [-0.4, -0.2) is 0 Å². The van der Waals surface area contributed by atoms with Crippen LogP contribution in [0.2, 0.25) is 0 Å². The van der Waals surface area contributed by atoms with Crippen molar-refractivity contribution in [2.45, 2.75) is 6.92 Å². The van der Waals surface area contributed by atoms with E-state index in [1.165, 1.54) is 12.1 Å². The Labute approximate surface area is 76.1 Å². The van der Waals surface area contributed by atoms with Crippen LogP contribution in [0.4, 0.5) is 4.39 Å². The summed E-state index contributed by atoms with van der Waals surface area (Å²) in [6.45, 7) is 1.60. The molecule has 2 N–H and O–H groups in total. The van der Waals surface area contributed by atoms with E-state index in [0.717, 1.165) is 0 Å². The van der Waals surface area contributed by atoms with Gasteiger partial charge in [-0.1, -0.05) is 12.1 Å². The van der Waals surface area contributed by atoms with E-state index in [0.29, 0.717) is 16.8 Å². The summed E-state index contributed by atoms with van der Waals surface area (Å²) in [7, 11) is 0. The minimum atomic E-state index is -0.355. The van der Waals surface area contributed by atoms with Crippen LogP contribution in [0.15, 0.2) is 29.8 Å². The lowest BCUT2D eigenvalue weighted by Gasteiger charge is -2.01. The highest BCUT2D eigenvalue weighted by Gasteiger charge is 2.01. The Kier molecular flexibility index (Phi) is 2.65. The van der Waals surface area contributed by atoms with Crippen LogP contribution in [0.3, 0.4) is 0 Å². The van der Waals surface area contributed by atoms with Crippen molar-refractivity contribution in [3.05, 3.63) is 41.2 Å². The number of hydrogen-bond donors (Lipinski definition) is 1. The predicted octanol–water partition coefficient (Wildman–Crippen LogP) is 2.04. The Morgan fingerprint density at radius 3 is 2.77 bits per heavy atom. The van der Waals surface area contributed by atoms with Gasteiger partial charge in [0.2, 0.25) is 0 Å². The summed E-state index contributed by atoms with van der Waals surface area (Å²) in [4.78, 5) is 0. The molecule has 1 rings (SSSR count). The van der Waals surface area contributed by atoms with Crippen molar-refractivity contribution in [2.24, 2.45) is 5.73 Å². The van der Waals surface area contributed by atoms with Crippen molar-refractivity contribution >= 4 is 5.70 Å². The van der Waals surface area contributed by atoms with Gasteiger partial charge in [0.15, 0.2) is 0 Å². The molecule has 0 saturated carbocycles. The maximum atomic E-state index is 12.7. The minimum Gasteiger partial charge on any atom is -0.397 e. The third-order valence-corrected chi connectivity index (χ3v) is 1.71. The van der Waals surface area contributed by atoms with Crippen LogP contribution >= 0.6 is 0 Å². The lowest BCUT2D eigenvalue weighted by Crippen LogP contribution is -1.99. The monoisotopic (exact) mass is 176 g/mol. The van der Waals surface area contributed by atoms with E-state index in [1.54, 1.807) is 19.1 Å². The second kappa shape index (κ2) is 3.72. The quantitative estimate of drug-likeness (QED) is 0.665. The van der Waals surface area contributed by atoms with Gasteiger partial charge in [0.05, 0.1) is 11.8 Å². The van der Waals surface area contributed by atoms with E-state index in [4.69, 9.17) is 11.0 Å². The van der Waals surface area contributed by atoms with Crippen molar-refractivity contribution in [2.75, 3.05) is 0 Å². The average molecular weight is 176 g/mol. The van der Waals surface area contributed by atoms with Crippen LogP contribution in [-0.2, 0) is 0 Å². The zero-order valence-corrected chi connectivity index (χ0v) is 7.21. The molecule has 0 bridgehead atoms. The van der Waals surface area contributed by atoms with E-state index < -0.39 is 0 Å². The summed E-state index contributed by atoms with van der Waals surface area (Å²) >= 11 is 0. The number of benzene rings is 1. The van der Waals surface area contributed by atoms with Gasteiger partial charge in [0.1, 0.15) is 5.82 Å². The van der Waals surface area contributed by atoms with Gasteiger partial charge < -0.3 is 5.73 Å². The first-order valence-electron chi connectivity index (χ1n) is 3.77. The molecule has 3 heteroatoms. The Bertz CT molecular complexity index is 388. The van der Waals surface area contributed by atoms with Gasteiger partial charge in [-0.3, -0.25) is 0 Å². The fourth-order valence-electron chi connectivity index (χ4n) is 0.933. The number of allylic oxidation sites excluding steroid dienone is 1. The summed E-state index contributed by atoms with van der Waals surface area (Å²) in [6.07, 6.45) is 0. The number of nitriles is 1. The zero-order valence-electron chi connectivity index (χ0n) is 7.21. The van der Waals surface area contributed by atoms with Gasteiger partial charge >= 0.3 is 0 Å². The largest absolute Gasteiger partial charge is 0.397 e. The van der Waals surface area contributed by atoms with Gasteiger partial charge in [-0.15, -0.1) is 0 Å². The SMILES string of the molecule is C/C(C#N)=C(/N)c1cccc(F)c1. The summed E-state index contributed by atoms with van der Waals surface area (Å²) < 4.78 is 12.7. The molecule has 66 valence electrons. The van der Waals surface area contributed by atoms with Crippen LogP contribution in [0.25, 0.3) is 5.70 Å². The summed E-state index contributed by atoms with van der Waals surface area (Å²) in [5.41, 5.74) is 6.86. The fraction of sp³-hybridized carbons (Fsp3) is 0.100. The number of hydrogen-bond acceptors (Lipinski definition) is 2. The fourth-order valence-corrected chi connectivity index (χ4v) is 0.933. The van der Waals surface area contributed by atoms with Gasteiger partial charge in [0.25, 0.3) is 0 Å². The number of nitrogens with two attached hydrogens (primary N) is 1. The van der Waals surface area contributed by atoms with Gasteiger partial charge in [-0.2, -0.15) is 5.26 Å². The molecule has 2 nitrogen and oxygen atoms in total. The highest BCUT2D eigenvalue weighted by molar-refractivity contribution is 5.68. The molecule has 0 heterocycles. The van der Waals surface area contributed by atoms with E-state index in [-0.39, 0.29) is 5.82 Å². The third-order valence-electron chi connectivity index (χ3n) is 1.71. The van der Waals surface area contributed by atoms with Gasteiger partial charge in [0, 0.05) is 11.1 Å². The van der Waals surface area contributed by atoms with Crippen molar-refractivity contribution in [1.29, 1.82) is 5.26 Å². The molecule has 0 aliphatic carbocycles. The summed E-state index contributed by atoms with van der Waals surface area (Å²) in [5.74, 6) is -0.355. The highest BCUT2D eigenvalue weighted by Crippen LogP contribution is 2.13. The van der Waals surface area contributed by atoms with Crippen molar-refractivity contribution < 1.29 is 4.39 Å². The first kappa shape index (κ1) is 9.27. The topological polar surface area (TPSA) is 49.8 Å². The van der Waals surface area contributed by atoms with Crippen LogP contribution < -0.4 is 5.73 Å². The molecule has 0 amide bonds. The molecule has 13 heavy (non-hydrogen) atoms. The average Bonchev–Trinajstić information content (AvgIpc) is 2.15. The maximum absolute atomic E-state index is 12.7. The Morgan fingerprint density at radius 1 is 1.54 bits per heavy atom. The van der Waals surface area contributed by atoms with Crippen LogP contribution in [0.1, 0.15) is 12.5 Å². The molecule has 0 fully saturated rings. The second-order valence-corrected chi connectivity index (χ2v) is 2.66. The molecule has 0 atom stereocenters. The second-order valence-electron chi connectivity index (χ2n) is 2.66. The Morgan fingerprint density at radius 2 is 2.23 bits per heavy atom. The molecule has 0 saturated heterocycles.